The summed E-state index contributed by atoms with van der Waals surface area (Å²) >= 11 is 0. The average Bonchev–Trinajstić information content (AvgIpc) is 2.57. The van der Waals surface area contributed by atoms with E-state index < -0.39 is 6.10 Å². The predicted octanol–water partition coefficient (Wildman–Crippen LogP) is 2.82. The first-order valence-corrected chi connectivity index (χ1v) is 6.58. The summed E-state index contributed by atoms with van der Waals surface area (Å²) in [4.78, 5) is 6.91. The molecule has 94 valence electrons. The third-order valence-corrected chi connectivity index (χ3v) is 3.46. The lowest BCUT2D eigenvalue weighted by atomic mass is 10.1. The second-order valence-electron chi connectivity index (χ2n) is 4.99. The van der Waals surface area contributed by atoms with Gasteiger partial charge in [-0.15, -0.1) is 0 Å². The van der Waals surface area contributed by atoms with E-state index in [-0.39, 0.29) is 0 Å². The average molecular weight is 234 g/mol. The number of anilines is 1. The zero-order valence-corrected chi connectivity index (χ0v) is 10.8. The highest BCUT2D eigenvalue weighted by Crippen LogP contribution is 2.23. The van der Waals surface area contributed by atoms with Crippen molar-refractivity contribution in [3.63, 3.8) is 0 Å². The molecule has 2 rings (SSSR count). The van der Waals surface area contributed by atoms with Gasteiger partial charge in [0.1, 0.15) is 5.82 Å². The number of aromatic nitrogens is 1. The Balaban J connectivity index is 2.19. The number of aliphatic hydroxyl groups excluding tert-OH is 1. The Morgan fingerprint density at radius 2 is 1.88 bits per heavy atom. The Hall–Kier alpha value is -1.09. The Kier molecular flexibility index (Phi) is 4.00. The molecule has 17 heavy (non-hydrogen) atoms. The monoisotopic (exact) mass is 234 g/mol. The molecule has 0 aromatic carbocycles. The lowest BCUT2D eigenvalue weighted by molar-refractivity contribution is 0.199. The Morgan fingerprint density at radius 1 is 1.24 bits per heavy atom. The fourth-order valence-electron chi connectivity index (χ4n) is 2.43. The van der Waals surface area contributed by atoms with E-state index in [4.69, 9.17) is 0 Å². The van der Waals surface area contributed by atoms with Gasteiger partial charge in [0, 0.05) is 19.3 Å². The molecule has 3 heteroatoms. The second kappa shape index (κ2) is 5.50. The van der Waals surface area contributed by atoms with Crippen LogP contribution in [0.4, 0.5) is 5.82 Å². The SMILES string of the molecule is Cc1cc([C@@H](C)O)cnc1N1CCCCCC1. The molecule has 0 radical (unpaired) electrons. The number of rotatable bonds is 2. The number of aryl methyl sites for hydroxylation is 1. The lowest BCUT2D eigenvalue weighted by Gasteiger charge is -2.23. The van der Waals surface area contributed by atoms with Crippen LogP contribution >= 0.6 is 0 Å². The summed E-state index contributed by atoms with van der Waals surface area (Å²) in [6.07, 6.45) is 6.57. The number of aliphatic hydroxyl groups is 1. The first-order chi connectivity index (χ1) is 8.18. The minimum atomic E-state index is -0.431. The van der Waals surface area contributed by atoms with Crippen molar-refractivity contribution >= 4 is 5.82 Å². The van der Waals surface area contributed by atoms with Gasteiger partial charge in [0.2, 0.25) is 0 Å². The van der Waals surface area contributed by atoms with E-state index in [1.165, 1.54) is 31.2 Å². The van der Waals surface area contributed by atoms with E-state index in [1.54, 1.807) is 13.1 Å². The highest BCUT2D eigenvalue weighted by atomic mass is 16.3. The summed E-state index contributed by atoms with van der Waals surface area (Å²) in [5, 5.41) is 9.54. The highest BCUT2D eigenvalue weighted by Gasteiger charge is 2.14. The largest absolute Gasteiger partial charge is 0.389 e. The molecule has 1 fully saturated rings. The van der Waals surface area contributed by atoms with E-state index in [0.717, 1.165) is 24.5 Å². The van der Waals surface area contributed by atoms with E-state index >= 15 is 0 Å². The predicted molar refractivity (Wildman–Crippen MR) is 70.3 cm³/mol. The Bertz CT molecular complexity index is 368. The van der Waals surface area contributed by atoms with Crippen molar-refractivity contribution in [2.45, 2.75) is 45.6 Å². The van der Waals surface area contributed by atoms with Crippen LogP contribution in [0.25, 0.3) is 0 Å². The van der Waals surface area contributed by atoms with E-state index in [2.05, 4.69) is 22.9 Å². The summed E-state index contributed by atoms with van der Waals surface area (Å²) in [7, 11) is 0. The first kappa shape index (κ1) is 12.4. The molecule has 0 saturated carbocycles. The van der Waals surface area contributed by atoms with Crippen LogP contribution in [0, 0.1) is 6.92 Å². The standard InChI is InChI=1S/C14H22N2O/c1-11-9-13(12(2)17)10-15-14(11)16-7-5-3-4-6-8-16/h9-10,12,17H,3-8H2,1-2H3/t12-/m1/s1. The Labute approximate surface area is 103 Å². The topological polar surface area (TPSA) is 36.4 Å². The number of hydrogen-bond donors (Lipinski definition) is 1. The van der Waals surface area contributed by atoms with Gasteiger partial charge < -0.3 is 10.0 Å². The van der Waals surface area contributed by atoms with Gasteiger partial charge in [0.25, 0.3) is 0 Å². The van der Waals surface area contributed by atoms with Gasteiger partial charge >= 0.3 is 0 Å². The normalized spacial score (nSPS) is 18.9. The fraction of sp³-hybridized carbons (Fsp3) is 0.643. The zero-order chi connectivity index (χ0) is 12.3. The van der Waals surface area contributed by atoms with Crippen LogP contribution in [-0.4, -0.2) is 23.2 Å². The van der Waals surface area contributed by atoms with Crippen molar-refractivity contribution in [3.8, 4) is 0 Å². The molecule has 1 aliphatic heterocycles. The molecule has 1 saturated heterocycles. The zero-order valence-electron chi connectivity index (χ0n) is 10.8. The minimum absolute atomic E-state index is 0.431. The maximum Gasteiger partial charge on any atom is 0.131 e. The van der Waals surface area contributed by atoms with E-state index in [0.29, 0.717) is 0 Å². The van der Waals surface area contributed by atoms with Crippen LogP contribution in [0.2, 0.25) is 0 Å². The summed E-state index contributed by atoms with van der Waals surface area (Å²) in [5.41, 5.74) is 2.08. The molecule has 2 heterocycles. The Morgan fingerprint density at radius 3 is 2.41 bits per heavy atom. The summed E-state index contributed by atoms with van der Waals surface area (Å²) in [6, 6.07) is 2.05. The third kappa shape index (κ3) is 2.97. The van der Waals surface area contributed by atoms with Gasteiger partial charge in [-0.1, -0.05) is 12.8 Å². The van der Waals surface area contributed by atoms with Crippen molar-refractivity contribution in [2.24, 2.45) is 0 Å². The summed E-state index contributed by atoms with van der Waals surface area (Å²) in [6.45, 7) is 6.09. The highest BCUT2D eigenvalue weighted by molar-refractivity contribution is 5.47. The molecule has 1 atom stereocenters. The molecule has 1 aromatic heterocycles. The maximum absolute atomic E-state index is 9.54. The van der Waals surface area contributed by atoms with Crippen molar-refractivity contribution in [1.29, 1.82) is 0 Å². The van der Waals surface area contributed by atoms with Gasteiger partial charge in [0.05, 0.1) is 6.10 Å². The minimum Gasteiger partial charge on any atom is -0.389 e. The molecule has 3 nitrogen and oxygen atoms in total. The molecule has 0 aliphatic carbocycles. The van der Waals surface area contributed by atoms with Crippen molar-refractivity contribution in [1.82, 2.24) is 4.98 Å². The van der Waals surface area contributed by atoms with Gasteiger partial charge in [0.15, 0.2) is 0 Å². The molecule has 0 unspecified atom stereocenters. The van der Waals surface area contributed by atoms with Gasteiger partial charge in [-0.2, -0.15) is 0 Å². The summed E-state index contributed by atoms with van der Waals surface area (Å²) < 4.78 is 0. The van der Waals surface area contributed by atoms with Crippen LogP contribution < -0.4 is 4.90 Å². The second-order valence-corrected chi connectivity index (χ2v) is 4.99. The molecule has 1 aromatic rings. The van der Waals surface area contributed by atoms with Crippen LogP contribution in [0.15, 0.2) is 12.3 Å². The summed E-state index contributed by atoms with van der Waals surface area (Å²) in [5.74, 6) is 1.09. The van der Waals surface area contributed by atoms with Gasteiger partial charge in [-0.3, -0.25) is 0 Å². The molecule has 0 bridgehead atoms. The first-order valence-electron chi connectivity index (χ1n) is 6.58. The quantitative estimate of drug-likeness (QED) is 0.854. The number of pyridine rings is 1. The molecule has 0 amide bonds. The lowest BCUT2D eigenvalue weighted by Crippen LogP contribution is -2.25. The van der Waals surface area contributed by atoms with Crippen LogP contribution in [0.5, 0.6) is 0 Å². The van der Waals surface area contributed by atoms with E-state index in [9.17, 15) is 5.11 Å². The molecule has 1 aliphatic rings. The van der Waals surface area contributed by atoms with Crippen LogP contribution in [-0.2, 0) is 0 Å². The maximum atomic E-state index is 9.54. The smallest absolute Gasteiger partial charge is 0.131 e. The van der Waals surface area contributed by atoms with Crippen LogP contribution in [0.1, 0.15) is 49.8 Å². The van der Waals surface area contributed by atoms with Crippen molar-refractivity contribution in [2.75, 3.05) is 18.0 Å². The van der Waals surface area contributed by atoms with Crippen molar-refractivity contribution in [3.05, 3.63) is 23.4 Å². The number of hydrogen-bond acceptors (Lipinski definition) is 3. The van der Waals surface area contributed by atoms with E-state index in [1.807, 2.05) is 0 Å². The van der Waals surface area contributed by atoms with Gasteiger partial charge in [-0.05, 0) is 43.9 Å². The number of nitrogens with zero attached hydrogens (tertiary/aromatic N) is 2. The molecular weight excluding hydrogens is 212 g/mol. The third-order valence-electron chi connectivity index (χ3n) is 3.46. The molecule has 1 N–H and O–H groups in total. The molecule has 0 spiro atoms. The molecular formula is C14H22N2O. The van der Waals surface area contributed by atoms with Gasteiger partial charge in [-0.25, -0.2) is 4.98 Å². The van der Waals surface area contributed by atoms with Crippen LogP contribution in [0.3, 0.4) is 0 Å². The fourth-order valence-corrected chi connectivity index (χ4v) is 2.43. The van der Waals surface area contributed by atoms with Crippen molar-refractivity contribution < 1.29 is 5.11 Å².